The molecule has 2 aromatic rings. The Kier molecular flexibility index (Phi) is 11.4. The van der Waals surface area contributed by atoms with Crippen LogP contribution < -0.4 is 19.5 Å². The zero-order valence-corrected chi connectivity index (χ0v) is 19.6. The molecule has 1 aliphatic heterocycles. The maximum Gasteiger partial charge on any atom is 0.390 e. The molecule has 0 amide bonds. The van der Waals surface area contributed by atoms with Crippen LogP contribution in [0.2, 0.25) is 0 Å². The molecule has 0 unspecified atom stereocenters. The second-order valence-electron chi connectivity index (χ2n) is 7.14. The summed E-state index contributed by atoms with van der Waals surface area (Å²) in [6.45, 7) is 2.56. The molecule has 0 aromatic heterocycles. The number of rotatable bonds is 8. The number of benzene rings is 2. The molecule has 1 saturated heterocycles. The van der Waals surface area contributed by atoms with Crippen molar-refractivity contribution in [2.24, 2.45) is 0 Å². The van der Waals surface area contributed by atoms with Gasteiger partial charge < -0.3 is 19.5 Å². The summed E-state index contributed by atoms with van der Waals surface area (Å²) in [7, 11) is 2.96. The summed E-state index contributed by atoms with van der Waals surface area (Å²) in [6.07, 6.45) is -5.29. The van der Waals surface area contributed by atoms with E-state index in [2.05, 4.69) is 5.32 Å². The fourth-order valence-corrected chi connectivity index (χ4v) is 3.65. The van der Waals surface area contributed by atoms with Gasteiger partial charge in [-0.15, -0.1) is 24.8 Å². The van der Waals surface area contributed by atoms with E-state index < -0.39 is 18.6 Å². The SMILES string of the molecule is COc1cc(OCc2ccccc2)c([C@H](CC(F)(F)F)N2CCNCC2)cc1OC.Cl.Cl. The quantitative estimate of drug-likeness (QED) is 0.555. The van der Waals surface area contributed by atoms with Crippen molar-refractivity contribution >= 4 is 24.8 Å². The van der Waals surface area contributed by atoms with E-state index in [1.165, 1.54) is 14.2 Å². The zero-order chi connectivity index (χ0) is 21.6. The number of piperazine rings is 1. The van der Waals surface area contributed by atoms with Gasteiger partial charge in [-0.2, -0.15) is 13.2 Å². The van der Waals surface area contributed by atoms with Gasteiger partial charge in [0.1, 0.15) is 12.4 Å². The average molecular weight is 497 g/mol. The van der Waals surface area contributed by atoms with Crippen LogP contribution in [0.15, 0.2) is 42.5 Å². The predicted molar refractivity (Wildman–Crippen MR) is 123 cm³/mol. The van der Waals surface area contributed by atoms with Gasteiger partial charge in [0, 0.05) is 43.9 Å². The van der Waals surface area contributed by atoms with Gasteiger partial charge in [-0.1, -0.05) is 30.3 Å². The smallest absolute Gasteiger partial charge is 0.390 e. The predicted octanol–water partition coefficient (Wildman–Crippen LogP) is 5.03. The lowest BCUT2D eigenvalue weighted by molar-refractivity contribution is -0.148. The molecule has 0 saturated carbocycles. The number of alkyl halides is 3. The second kappa shape index (κ2) is 13.0. The van der Waals surface area contributed by atoms with Gasteiger partial charge in [0.2, 0.25) is 0 Å². The Morgan fingerprint density at radius 1 is 0.938 bits per heavy atom. The Hall–Kier alpha value is -1.87. The van der Waals surface area contributed by atoms with Crippen LogP contribution in [-0.2, 0) is 6.61 Å². The molecular formula is C22H29Cl2F3N2O3. The Labute approximate surface area is 199 Å². The Morgan fingerprint density at radius 3 is 2.09 bits per heavy atom. The van der Waals surface area contributed by atoms with E-state index in [1.54, 1.807) is 12.1 Å². The minimum atomic E-state index is -4.32. The summed E-state index contributed by atoms with van der Waals surface area (Å²) in [5, 5.41) is 3.19. The van der Waals surface area contributed by atoms with Crippen molar-refractivity contribution in [3.63, 3.8) is 0 Å². The molecule has 32 heavy (non-hydrogen) atoms. The maximum absolute atomic E-state index is 13.5. The third kappa shape index (κ3) is 7.62. The largest absolute Gasteiger partial charge is 0.493 e. The van der Waals surface area contributed by atoms with E-state index in [-0.39, 0.29) is 31.4 Å². The Balaban J connectivity index is 0.00000256. The summed E-state index contributed by atoms with van der Waals surface area (Å²) in [5.41, 5.74) is 1.37. The third-order valence-electron chi connectivity index (χ3n) is 5.13. The minimum Gasteiger partial charge on any atom is -0.493 e. The first-order valence-electron chi connectivity index (χ1n) is 9.85. The molecule has 2 aromatic carbocycles. The number of hydrogen-bond donors (Lipinski definition) is 1. The third-order valence-corrected chi connectivity index (χ3v) is 5.13. The Bertz CT molecular complexity index is 820. The van der Waals surface area contributed by atoms with Crippen LogP contribution in [0, 0.1) is 0 Å². The van der Waals surface area contributed by atoms with Gasteiger partial charge in [0.15, 0.2) is 11.5 Å². The highest BCUT2D eigenvalue weighted by molar-refractivity contribution is 5.85. The molecule has 0 spiro atoms. The summed E-state index contributed by atoms with van der Waals surface area (Å²) in [5.74, 6) is 1.15. The van der Waals surface area contributed by atoms with Crippen molar-refractivity contribution in [1.82, 2.24) is 10.2 Å². The highest BCUT2D eigenvalue weighted by atomic mass is 35.5. The molecule has 0 bridgehead atoms. The zero-order valence-electron chi connectivity index (χ0n) is 18.0. The highest BCUT2D eigenvalue weighted by Gasteiger charge is 2.37. The monoisotopic (exact) mass is 496 g/mol. The summed E-state index contributed by atoms with van der Waals surface area (Å²) < 4.78 is 57.3. The van der Waals surface area contributed by atoms with Crippen molar-refractivity contribution < 1.29 is 27.4 Å². The molecule has 0 aliphatic carbocycles. The van der Waals surface area contributed by atoms with Crippen LogP contribution in [0.25, 0.3) is 0 Å². The first-order valence-corrected chi connectivity index (χ1v) is 9.85. The number of hydrogen-bond acceptors (Lipinski definition) is 5. The van der Waals surface area contributed by atoms with Gasteiger partial charge in [0.25, 0.3) is 0 Å². The van der Waals surface area contributed by atoms with Crippen LogP contribution in [0.4, 0.5) is 13.2 Å². The van der Waals surface area contributed by atoms with Crippen LogP contribution in [0.3, 0.4) is 0 Å². The molecule has 1 fully saturated rings. The number of ether oxygens (including phenoxy) is 3. The van der Waals surface area contributed by atoms with E-state index in [9.17, 15) is 13.2 Å². The minimum absolute atomic E-state index is 0. The summed E-state index contributed by atoms with van der Waals surface area (Å²) >= 11 is 0. The van der Waals surface area contributed by atoms with Crippen molar-refractivity contribution in [2.75, 3.05) is 40.4 Å². The molecule has 1 atom stereocenters. The van der Waals surface area contributed by atoms with Crippen LogP contribution in [-0.4, -0.2) is 51.5 Å². The lowest BCUT2D eigenvalue weighted by Gasteiger charge is -2.36. The van der Waals surface area contributed by atoms with E-state index in [1.807, 2.05) is 35.2 Å². The first-order chi connectivity index (χ1) is 14.4. The molecule has 1 N–H and O–H groups in total. The van der Waals surface area contributed by atoms with Crippen LogP contribution in [0.1, 0.15) is 23.6 Å². The number of halogens is 5. The first kappa shape index (κ1) is 28.2. The average Bonchev–Trinajstić information content (AvgIpc) is 2.76. The van der Waals surface area contributed by atoms with E-state index in [0.29, 0.717) is 49.0 Å². The van der Waals surface area contributed by atoms with E-state index in [4.69, 9.17) is 14.2 Å². The normalized spacial score (nSPS) is 15.2. The molecule has 5 nitrogen and oxygen atoms in total. The number of nitrogens with zero attached hydrogens (tertiary/aromatic N) is 1. The fraction of sp³-hybridized carbons (Fsp3) is 0.455. The van der Waals surface area contributed by atoms with Crippen molar-refractivity contribution in [3.8, 4) is 17.2 Å². The van der Waals surface area contributed by atoms with E-state index >= 15 is 0 Å². The number of nitrogens with one attached hydrogen (secondary N) is 1. The molecule has 1 aliphatic rings. The van der Waals surface area contributed by atoms with Gasteiger partial charge in [0.05, 0.1) is 20.6 Å². The summed E-state index contributed by atoms with van der Waals surface area (Å²) in [4.78, 5) is 1.85. The highest BCUT2D eigenvalue weighted by Crippen LogP contribution is 2.43. The molecule has 180 valence electrons. The summed E-state index contributed by atoms with van der Waals surface area (Å²) in [6, 6.07) is 11.8. The molecular weight excluding hydrogens is 468 g/mol. The van der Waals surface area contributed by atoms with Gasteiger partial charge in [-0.05, 0) is 11.6 Å². The van der Waals surface area contributed by atoms with Crippen LogP contribution >= 0.6 is 24.8 Å². The van der Waals surface area contributed by atoms with Crippen molar-refractivity contribution in [2.45, 2.75) is 25.2 Å². The van der Waals surface area contributed by atoms with E-state index in [0.717, 1.165) is 5.56 Å². The van der Waals surface area contributed by atoms with Crippen LogP contribution in [0.5, 0.6) is 17.2 Å². The van der Waals surface area contributed by atoms with Gasteiger partial charge in [-0.25, -0.2) is 0 Å². The number of methoxy groups -OCH3 is 2. The second-order valence-corrected chi connectivity index (χ2v) is 7.14. The lowest BCUT2D eigenvalue weighted by Crippen LogP contribution is -2.46. The lowest BCUT2D eigenvalue weighted by atomic mass is 9.98. The fourth-order valence-electron chi connectivity index (χ4n) is 3.65. The molecule has 1 heterocycles. The molecule has 3 rings (SSSR count). The standard InChI is InChI=1S/C22H27F3N2O3.2ClH/c1-28-20-12-17(18(14-22(23,24)25)27-10-8-26-9-11-27)19(13-21(20)29-2)30-15-16-6-4-3-5-7-16;;/h3-7,12-13,18,26H,8-11,14-15H2,1-2H3;2*1H/t18-;;/m0../s1. The van der Waals surface area contributed by atoms with Gasteiger partial charge in [-0.3, -0.25) is 4.90 Å². The van der Waals surface area contributed by atoms with Crippen molar-refractivity contribution in [3.05, 3.63) is 53.6 Å². The Morgan fingerprint density at radius 2 is 1.53 bits per heavy atom. The topological polar surface area (TPSA) is 43.0 Å². The van der Waals surface area contributed by atoms with Crippen molar-refractivity contribution in [1.29, 1.82) is 0 Å². The van der Waals surface area contributed by atoms with Gasteiger partial charge >= 0.3 is 6.18 Å². The molecule has 0 radical (unpaired) electrons. The molecule has 10 heteroatoms. The maximum atomic E-state index is 13.5.